The van der Waals surface area contributed by atoms with E-state index in [4.69, 9.17) is 4.74 Å². The van der Waals surface area contributed by atoms with Crippen molar-refractivity contribution in [3.8, 4) is 5.75 Å². The Morgan fingerprint density at radius 3 is 2.65 bits per heavy atom. The number of carbonyl (C=O) groups excluding carboxylic acids is 1. The van der Waals surface area contributed by atoms with Gasteiger partial charge in [-0.05, 0) is 31.2 Å². The first-order valence-corrected chi connectivity index (χ1v) is 6.31. The van der Waals surface area contributed by atoms with Crippen LogP contribution in [0.15, 0.2) is 48.5 Å². The van der Waals surface area contributed by atoms with Crippen LogP contribution < -0.4 is 10.1 Å². The summed E-state index contributed by atoms with van der Waals surface area (Å²) in [5, 5.41) is 2.83. The van der Waals surface area contributed by atoms with Gasteiger partial charge in [-0.15, -0.1) is 0 Å². The van der Waals surface area contributed by atoms with Crippen LogP contribution in [0.1, 0.15) is 28.9 Å². The van der Waals surface area contributed by atoms with Crippen molar-refractivity contribution in [2.75, 3.05) is 7.11 Å². The van der Waals surface area contributed by atoms with E-state index >= 15 is 0 Å². The van der Waals surface area contributed by atoms with Gasteiger partial charge in [-0.3, -0.25) is 4.79 Å². The molecule has 0 saturated carbocycles. The van der Waals surface area contributed by atoms with Gasteiger partial charge in [-0.1, -0.05) is 24.3 Å². The molecule has 0 aliphatic carbocycles. The van der Waals surface area contributed by atoms with Crippen molar-refractivity contribution in [2.45, 2.75) is 13.0 Å². The molecule has 0 unspecified atom stereocenters. The molecule has 0 fully saturated rings. The number of methoxy groups -OCH3 is 1. The third-order valence-electron chi connectivity index (χ3n) is 3.04. The van der Waals surface area contributed by atoms with E-state index in [0.29, 0.717) is 11.3 Å². The number of hydrogen-bond acceptors (Lipinski definition) is 2. The minimum absolute atomic E-state index is 0.234. The van der Waals surface area contributed by atoms with Crippen LogP contribution in [0.4, 0.5) is 4.39 Å². The van der Waals surface area contributed by atoms with Gasteiger partial charge >= 0.3 is 0 Å². The molecule has 1 N–H and O–H groups in total. The van der Waals surface area contributed by atoms with Crippen molar-refractivity contribution in [1.29, 1.82) is 0 Å². The second-order valence-electron chi connectivity index (χ2n) is 4.45. The average molecular weight is 273 g/mol. The molecule has 2 aromatic carbocycles. The molecule has 0 aromatic heterocycles. The fraction of sp³-hybridized carbons (Fsp3) is 0.188. The van der Waals surface area contributed by atoms with E-state index in [1.165, 1.54) is 18.2 Å². The van der Waals surface area contributed by atoms with E-state index in [1.807, 2.05) is 31.2 Å². The third kappa shape index (κ3) is 3.15. The quantitative estimate of drug-likeness (QED) is 0.928. The van der Waals surface area contributed by atoms with Crippen LogP contribution in [0, 0.1) is 5.82 Å². The van der Waals surface area contributed by atoms with Crippen molar-refractivity contribution in [1.82, 2.24) is 5.32 Å². The zero-order chi connectivity index (χ0) is 14.5. The summed E-state index contributed by atoms with van der Waals surface area (Å²) in [5.41, 5.74) is 1.17. The molecule has 0 heterocycles. The smallest absolute Gasteiger partial charge is 0.251 e. The van der Waals surface area contributed by atoms with E-state index in [9.17, 15) is 9.18 Å². The summed E-state index contributed by atoms with van der Waals surface area (Å²) >= 11 is 0. The SMILES string of the molecule is COc1ccccc1[C@H](C)NC(=O)c1cccc(F)c1. The Morgan fingerprint density at radius 1 is 1.20 bits per heavy atom. The van der Waals surface area contributed by atoms with E-state index in [2.05, 4.69) is 5.32 Å². The van der Waals surface area contributed by atoms with Gasteiger partial charge < -0.3 is 10.1 Å². The zero-order valence-corrected chi connectivity index (χ0v) is 11.4. The number of halogens is 1. The second kappa shape index (κ2) is 6.19. The molecule has 0 spiro atoms. The molecule has 0 radical (unpaired) electrons. The molecule has 0 aliphatic heterocycles. The Hall–Kier alpha value is -2.36. The lowest BCUT2D eigenvalue weighted by Crippen LogP contribution is -2.27. The van der Waals surface area contributed by atoms with E-state index in [-0.39, 0.29) is 11.9 Å². The van der Waals surface area contributed by atoms with Crippen LogP contribution in [0.3, 0.4) is 0 Å². The second-order valence-corrected chi connectivity index (χ2v) is 4.45. The lowest BCUT2D eigenvalue weighted by molar-refractivity contribution is 0.0939. The molecule has 104 valence electrons. The molecular formula is C16H16FNO2. The number of hydrogen-bond donors (Lipinski definition) is 1. The summed E-state index contributed by atoms with van der Waals surface area (Å²) in [6, 6.07) is 12.8. The van der Waals surface area contributed by atoms with Crippen LogP contribution in [0.2, 0.25) is 0 Å². The molecule has 3 nitrogen and oxygen atoms in total. The van der Waals surface area contributed by atoms with Crippen molar-refractivity contribution >= 4 is 5.91 Å². The fourth-order valence-electron chi connectivity index (χ4n) is 2.01. The lowest BCUT2D eigenvalue weighted by Gasteiger charge is -2.17. The van der Waals surface area contributed by atoms with Gasteiger partial charge in [0.25, 0.3) is 5.91 Å². The highest BCUT2D eigenvalue weighted by Gasteiger charge is 2.14. The van der Waals surface area contributed by atoms with Gasteiger partial charge in [-0.25, -0.2) is 4.39 Å². The Balaban J connectivity index is 2.15. The van der Waals surface area contributed by atoms with E-state index in [1.54, 1.807) is 13.2 Å². The molecule has 2 rings (SSSR count). The molecule has 4 heteroatoms. The summed E-state index contributed by atoms with van der Waals surface area (Å²) < 4.78 is 18.4. The number of rotatable bonds is 4. The topological polar surface area (TPSA) is 38.3 Å². The molecular weight excluding hydrogens is 257 g/mol. The minimum atomic E-state index is -0.428. The zero-order valence-electron chi connectivity index (χ0n) is 11.4. The fourth-order valence-corrected chi connectivity index (χ4v) is 2.01. The molecule has 0 aliphatic rings. The van der Waals surface area contributed by atoms with E-state index in [0.717, 1.165) is 5.56 Å². The maximum Gasteiger partial charge on any atom is 0.251 e. The molecule has 0 saturated heterocycles. The van der Waals surface area contributed by atoms with Crippen molar-refractivity contribution < 1.29 is 13.9 Å². The Bertz CT molecular complexity index is 613. The maximum absolute atomic E-state index is 13.1. The van der Waals surface area contributed by atoms with Crippen molar-refractivity contribution in [3.63, 3.8) is 0 Å². The Labute approximate surface area is 117 Å². The summed E-state index contributed by atoms with van der Waals surface area (Å²) in [7, 11) is 1.58. The molecule has 1 amide bonds. The highest BCUT2D eigenvalue weighted by molar-refractivity contribution is 5.94. The molecule has 2 aromatic rings. The molecule has 1 atom stereocenters. The van der Waals surface area contributed by atoms with Gasteiger partial charge in [0, 0.05) is 11.1 Å². The van der Waals surface area contributed by atoms with Crippen LogP contribution in [0.25, 0.3) is 0 Å². The third-order valence-corrected chi connectivity index (χ3v) is 3.04. The van der Waals surface area contributed by atoms with E-state index < -0.39 is 5.82 Å². The number of benzene rings is 2. The van der Waals surface area contributed by atoms with Gasteiger partial charge in [0.1, 0.15) is 11.6 Å². The predicted octanol–water partition coefficient (Wildman–Crippen LogP) is 3.33. The highest BCUT2D eigenvalue weighted by Crippen LogP contribution is 2.24. The highest BCUT2D eigenvalue weighted by atomic mass is 19.1. The summed E-state index contributed by atoms with van der Waals surface area (Å²) in [6.45, 7) is 1.86. The number of amides is 1. The van der Waals surface area contributed by atoms with Crippen LogP contribution in [-0.4, -0.2) is 13.0 Å². The number of ether oxygens (including phenoxy) is 1. The minimum Gasteiger partial charge on any atom is -0.496 e. The molecule has 0 bridgehead atoms. The first-order valence-electron chi connectivity index (χ1n) is 6.31. The normalized spacial score (nSPS) is 11.8. The standard InChI is InChI=1S/C16H16FNO2/c1-11(14-8-3-4-9-15(14)20-2)18-16(19)12-6-5-7-13(17)10-12/h3-11H,1-2H3,(H,18,19)/t11-/m0/s1. The number of para-hydroxylation sites is 1. The van der Waals surface area contributed by atoms with Gasteiger partial charge in [-0.2, -0.15) is 0 Å². The number of carbonyl (C=O) groups is 1. The Kier molecular flexibility index (Phi) is 4.35. The molecule has 20 heavy (non-hydrogen) atoms. The average Bonchev–Trinajstić information content (AvgIpc) is 2.47. The summed E-state index contributed by atoms with van der Waals surface area (Å²) in [6.07, 6.45) is 0. The number of nitrogens with one attached hydrogen (secondary N) is 1. The Morgan fingerprint density at radius 2 is 1.95 bits per heavy atom. The maximum atomic E-state index is 13.1. The lowest BCUT2D eigenvalue weighted by atomic mass is 10.1. The first kappa shape index (κ1) is 14.1. The van der Waals surface area contributed by atoms with Gasteiger partial charge in [0.15, 0.2) is 0 Å². The predicted molar refractivity (Wildman–Crippen MR) is 75.3 cm³/mol. The summed E-state index contributed by atoms with van der Waals surface area (Å²) in [4.78, 5) is 12.1. The van der Waals surface area contributed by atoms with Crippen molar-refractivity contribution in [2.24, 2.45) is 0 Å². The monoisotopic (exact) mass is 273 g/mol. The van der Waals surface area contributed by atoms with Gasteiger partial charge in [0.2, 0.25) is 0 Å². The first-order chi connectivity index (χ1) is 9.61. The van der Waals surface area contributed by atoms with Gasteiger partial charge in [0.05, 0.1) is 13.2 Å². The largest absolute Gasteiger partial charge is 0.496 e. The van der Waals surface area contributed by atoms with Crippen LogP contribution >= 0.6 is 0 Å². The van der Waals surface area contributed by atoms with Crippen molar-refractivity contribution in [3.05, 3.63) is 65.5 Å². The van der Waals surface area contributed by atoms with Crippen LogP contribution in [-0.2, 0) is 0 Å². The summed E-state index contributed by atoms with van der Waals surface area (Å²) in [5.74, 6) is -0.0370. The van der Waals surface area contributed by atoms with Crippen LogP contribution in [0.5, 0.6) is 5.75 Å².